The molecular formula is C15H24O. The quantitative estimate of drug-likeness (QED) is 0.761. The predicted molar refractivity (Wildman–Crippen MR) is 69.8 cm³/mol. The van der Waals surface area contributed by atoms with Crippen LogP contribution in [-0.2, 0) is 0 Å². The number of phenolic OH excluding ortho intramolecular Hbond substituents is 1. The van der Waals surface area contributed by atoms with Crippen molar-refractivity contribution in [3.05, 3.63) is 29.8 Å². The Morgan fingerprint density at radius 1 is 1.06 bits per heavy atom. The molecule has 0 aromatic heterocycles. The third kappa shape index (κ3) is 2.58. The molecule has 0 radical (unpaired) electrons. The molecule has 1 aromatic rings. The second kappa shape index (κ2) is 5.38. The van der Waals surface area contributed by atoms with Gasteiger partial charge in [-0.1, -0.05) is 52.7 Å². The largest absolute Gasteiger partial charge is 0.508 e. The molecule has 0 spiro atoms. The Balaban J connectivity index is 3.02. The molecule has 1 heteroatoms. The number of benzene rings is 1. The minimum atomic E-state index is 0.355. The minimum Gasteiger partial charge on any atom is -0.508 e. The summed E-state index contributed by atoms with van der Waals surface area (Å²) >= 11 is 0. The van der Waals surface area contributed by atoms with Crippen molar-refractivity contribution >= 4 is 0 Å². The van der Waals surface area contributed by atoms with Gasteiger partial charge in [0.25, 0.3) is 0 Å². The highest BCUT2D eigenvalue weighted by Crippen LogP contribution is 2.43. The molecule has 1 atom stereocenters. The molecule has 1 aromatic carbocycles. The molecule has 0 amide bonds. The van der Waals surface area contributed by atoms with Gasteiger partial charge in [-0.3, -0.25) is 0 Å². The molecular weight excluding hydrogens is 196 g/mol. The average Bonchev–Trinajstić information content (AvgIpc) is 2.32. The lowest BCUT2D eigenvalue weighted by molar-refractivity contribution is 0.225. The SMILES string of the molecule is CCC(c1ccc(O)cc1)C(C)(CC)CC. The van der Waals surface area contributed by atoms with Crippen LogP contribution in [0.15, 0.2) is 24.3 Å². The molecule has 0 heterocycles. The van der Waals surface area contributed by atoms with Gasteiger partial charge in [0.15, 0.2) is 0 Å². The van der Waals surface area contributed by atoms with Crippen LogP contribution in [0.3, 0.4) is 0 Å². The van der Waals surface area contributed by atoms with Crippen LogP contribution in [0, 0.1) is 5.41 Å². The first-order valence-corrected chi connectivity index (χ1v) is 6.36. The fraction of sp³-hybridized carbons (Fsp3) is 0.600. The number of rotatable bonds is 5. The molecule has 16 heavy (non-hydrogen) atoms. The van der Waals surface area contributed by atoms with E-state index in [1.54, 1.807) is 12.1 Å². The maximum absolute atomic E-state index is 9.33. The Kier molecular flexibility index (Phi) is 4.40. The summed E-state index contributed by atoms with van der Waals surface area (Å²) in [5, 5.41) is 9.33. The number of phenols is 1. The van der Waals surface area contributed by atoms with Gasteiger partial charge in [0.1, 0.15) is 5.75 Å². The van der Waals surface area contributed by atoms with E-state index in [1.165, 1.54) is 18.4 Å². The van der Waals surface area contributed by atoms with Crippen LogP contribution in [0.1, 0.15) is 58.4 Å². The first-order chi connectivity index (χ1) is 7.57. The van der Waals surface area contributed by atoms with Crippen molar-refractivity contribution in [2.45, 2.75) is 52.9 Å². The van der Waals surface area contributed by atoms with Gasteiger partial charge in [0.2, 0.25) is 0 Å². The van der Waals surface area contributed by atoms with Crippen LogP contribution in [-0.4, -0.2) is 5.11 Å². The van der Waals surface area contributed by atoms with Gasteiger partial charge in [-0.15, -0.1) is 0 Å². The van der Waals surface area contributed by atoms with E-state index in [0.29, 0.717) is 17.1 Å². The van der Waals surface area contributed by atoms with Crippen LogP contribution in [0.4, 0.5) is 0 Å². The van der Waals surface area contributed by atoms with Gasteiger partial charge in [-0.25, -0.2) is 0 Å². The molecule has 0 fully saturated rings. The summed E-state index contributed by atoms with van der Waals surface area (Å²) in [6, 6.07) is 7.72. The summed E-state index contributed by atoms with van der Waals surface area (Å²) in [6.07, 6.45) is 3.55. The first kappa shape index (κ1) is 13.1. The summed E-state index contributed by atoms with van der Waals surface area (Å²) in [7, 11) is 0. The van der Waals surface area contributed by atoms with Crippen molar-refractivity contribution < 1.29 is 5.11 Å². The van der Waals surface area contributed by atoms with Crippen LogP contribution >= 0.6 is 0 Å². The standard InChI is InChI=1S/C15H24O/c1-5-14(15(4,6-2)7-3)12-8-10-13(16)11-9-12/h8-11,14,16H,5-7H2,1-4H3. The minimum absolute atomic E-state index is 0.355. The van der Waals surface area contributed by atoms with Crippen LogP contribution in [0.2, 0.25) is 0 Å². The highest BCUT2D eigenvalue weighted by molar-refractivity contribution is 5.29. The normalized spacial score (nSPS) is 13.8. The van der Waals surface area contributed by atoms with E-state index in [1.807, 2.05) is 0 Å². The molecule has 1 rings (SSSR count). The fourth-order valence-corrected chi connectivity index (χ4v) is 2.58. The number of aromatic hydroxyl groups is 1. The Hall–Kier alpha value is -0.980. The van der Waals surface area contributed by atoms with Crippen molar-refractivity contribution in [2.75, 3.05) is 0 Å². The topological polar surface area (TPSA) is 20.2 Å². The van der Waals surface area contributed by atoms with Crippen LogP contribution in [0.25, 0.3) is 0 Å². The fourth-order valence-electron chi connectivity index (χ4n) is 2.58. The lowest BCUT2D eigenvalue weighted by atomic mass is 9.69. The van der Waals surface area contributed by atoms with E-state index < -0.39 is 0 Å². The molecule has 0 aliphatic carbocycles. The van der Waals surface area contributed by atoms with E-state index in [9.17, 15) is 5.11 Å². The van der Waals surface area contributed by atoms with Crippen molar-refractivity contribution in [1.82, 2.24) is 0 Å². The molecule has 90 valence electrons. The van der Waals surface area contributed by atoms with Crippen LogP contribution < -0.4 is 0 Å². The number of hydrogen-bond donors (Lipinski definition) is 1. The molecule has 0 aliphatic rings. The predicted octanol–water partition coefficient (Wildman–Crippen LogP) is 4.71. The van der Waals surface area contributed by atoms with Crippen molar-refractivity contribution in [3.63, 3.8) is 0 Å². The zero-order valence-electron chi connectivity index (χ0n) is 11.0. The Morgan fingerprint density at radius 3 is 1.94 bits per heavy atom. The molecule has 0 aliphatic heterocycles. The maximum Gasteiger partial charge on any atom is 0.115 e. The van der Waals surface area contributed by atoms with E-state index in [2.05, 4.69) is 39.8 Å². The highest BCUT2D eigenvalue weighted by atomic mass is 16.3. The number of hydrogen-bond acceptors (Lipinski definition) is 1. The summed E-state index contributed by atoms with van der Waals surface area (Å²) in [4.78, 5) is 0. The summed E-state index contributed by atoms with van der Waals surface area (Å²) in [5.41, 5.74) is 1.72. The van der Waals surface area contributed by atoms with Gasteiger partial charge in [-0.05, 0) is 35.4 Å². The summed E-state index contributed by atoms with van der Waals surface area (Å²) in [5.74, 6) is 0.941. The molecule has 0 bridgehead atoms. The summed E-state index contributed by atoms with van der Waals surface area (Å²) in [6.45, 7) is 9.16. The van der Waals surface area contributed by atoms with E-state index in [0.717, 1.165) is 6.42 Å². The van der Waals surface area contributed by atoms with Gasteiger partial charge >= 0.3 is 0 Å². The second-order valence-corrected chi connectivity index (χ2v) is 4.91. The van der Waals surface area contributed by atoms with Gasteiger partial charge in [-0.2, -0.15) is 0 Å². The van der Waals surface area contributed by atoms with Crippen molar-refractivity contribution in [3.8, 4) is 5.75 Å². The van der Waals surface area contributed by atoms with Gasteiger partial charge in [0, 0.05) is 0 Å². The molecule has 1 nitrogen and oxygen atoms in total. The van der Waals surface area contributed by atoms with Gasteiger partial charge < -0.3 is 5.11 Å². The van der Waals surface area contributed by atoms with Crippen LogP contribution in [0.5, 0.6) is 5.75 Å². The summed E-state index contributed by atoms with van der Waals surface area (Å²) < 4.78 is 0. The molecule has 0 saturated carbocycles. The Labute approximate surface area is 99.5 Å². The maximum atomic E-state index is 9.33. The zero-order valence-corrected chi connectivity index (χ0v) is 11.0. The lowest BCUT2D eigenvalue weighted by Gasteiger charge is -2.36. The monoisotopic (exact) mass is 220 g/mol. The second-order valence-electron chi connectivity index (χ2n) is 4.91. The molecule has 1 N–H and O–H groups in total. The smallest absolute Gasteiger partial charge is 0.115 e. The zero-order chi connectivity index (χ0) is 12.2. The van der Waals surface area contributed by atoms with Gasteiger partial charge in [0.05, 0.1) is 0 Å². The van der Waals surface area contributed by atoms with E-state index in [4.69, 9.17) is 0 Å². The lowest BCUT2D eigenvalue weighted by Crippen LogP contribution is -2.23. The Bertz CT molecular complexity index is 309. The van der Waals surface area contributed by atoms with E-state index in [-0.39, 0.29) is 0 Å². The molecule has 0 saturated heterocycles. The van der Waals surface area contributed by atoms with Crippen molar-refractivity contribution in [2.24, 2.45) is 5.41 Å². The van der Waals surface area contributed by atoms with E-state index >= 15 is 0 Å². The molecule has 1 unspecified atom stereocenters. The first-order valence-electron chi connectivity index (χ1n) is 6.36. The van der Waals surface area contributed by atoms with Crippen molar-refractivity contribution in [1.29, 1.82) is 0 Å². The third-order valence-electron chi connectivity index (χ3n) is 4.16. The Morgan fingerprint density at radius 2 is 1.56 bits per heavy atom. The highest BCUT2D eigenvalue weighted by Gasteiger charge is 2.30. The third-order valence-corrected chi connectivity index (χ3v) is 4.16. The average molecular weight is 220 g/mol.